The fourth-order valence-electron chi connectivity index (χ4n) is 1.72. The van der Waals surface area contributed by atoms with Crippen molar-refractivity contribution in [2.24, 2.45) is 5.10 Å². The lowest BCUT2D eigenvalue weighted by Crippen LogP contribution is -2.20. The largest absolute Gasteiger partial charge is 0.271 e. The number of benzene rings is 2. The number of amides is 1. The van der Waals surface area contributed by atoms with Gasteiger partial charge in [-0.1, -0.05) is 48.5 Å². The summed E-state index contributed by atoms with van der Waals surface area (Å²) in [6.07, 6.45) is 2.01. The molecule has 0 aliphatic carbocycles. The molecule has 0 saturated heterocycles. The number of carbonyl (C=O) groups excluding carboxylic acids is 1. The van der Waals surface area contributed by atoms with Gasteiger partial charge in [0.25, 0.3) is 5.91 Å². The minimum atomic E-state index is -0.194. The van der Waals surface area contributed by atoms with Crippen molar-refractivity contribution in [1.82, 2.24) is 5.43 Å². The number of nitrogens with zero attached hydrogens (tertiary/aromatic N) is 1. The average Bonchev–Trinajstić information content (AvgIpc) is 2.53. The quantitative estimate of drug-likeness (QED) is 0.677. The van der Waals surface area contributed by atoms with Crippen molar-refractivity contribution in [1.29, 1.82) is 0 Å². The molecule has 0 bridgehead atoms. The maximum absolute atomic E-state index is 12.0. The van der Waals surface area contributed by atoms with Crippen LogP contribution in [0.25, 0.3) is 0 Å². The Hall–Kier alpha value is -2.07. The van der Waals surface area contributed by atoms with Gasteiger partial charge in [0.1, 0.15) is 0 Å². The van der Waals surface area contributed by atoms with Crippen LogP contribution in [0.3, 0.4) is 0 Å². The van der Waals surface area contributed by atoms with E-state index in [0.717, 1.165) is 17.0 Å². The van der Waals surface area contributed by atoms with Crippen LogP contribution in [-0.2, 0) is 0 Å². The van der Waals surface area contributed by atoms with Gasteiger partial charge in [0.15, 0.2) is 0 Å². The first-order chi connectivity index (χ1) is 9.81. The highest BCUT2D eigenvalue weighted by Crippen LogP contribution is 2.06. The van der Waals surface area contributed by atoms with E-state index in [1.807, 2.05) is 54.8 Å². The number of thioether (sulfide) groups is 1. The molecule has 0 spiro atoms. The molecule has 0 radical (unpaired) electrons. The lowest BCUT2D eigenvalue weighted by molar-refractivity contribution is 0.0955. The van der Waals surface area contributed by atoms with E-state index in [1.54, 1.807) is 23.9 Å². The van der Waals surface area contributed by atoms with Crippen molar-refractivity contribution in [2.45, 2.75) is 0 Å². The van der Waals surface area contributed by atoms with Crippen molar-refractivity contribution in [3.8, 4) is 0 Å². The second-order valence-corrected chi connectivity index (χ2v) is 5.03. The number of nitrogens with one attached hydrogen (secondary N) is 1. The minimum Gasteiger partial charge on any atom is -0.267 e. The van der Waals surface area contributed by atoms with E-state index in [0.29, 0.717) is 5.56 Å². The smallest absolute Gasteiger partial charge is 0.267 e. The second kappa shape index (κ2) is 7.50. The summed E-state index contributed by atoms with van der Waals surface area (Å²) < 4.78 is 0. The molecule has 0 heterocycles. The topological polar surface area (TPSA) is 41.5 Å². The Labute approximate surface area is 123 Å². The van der Waals surface area contributed by atoms with E-state index in [9.17, 15) is 4.79 Å². The average molecular weight is 284 g/mol. The number of hydrazone groups is 1. The molecule has 0 aliphatic rings. The van der Waals surface area contributed by atoms with Gasteiger partial charge in [0, 0.05) is 11.3 Å². The molecule has 0 atom stereocenters. The van der Waals surface area contributed by atoms with Gasteiger partial charge in [-0.3, -0.25) is 4.79 Å². The van der Waals surface area contributed by atoms with Crippen LogP contribution in [-0.4, -0.2) is 23.6 Å². The number of carbonyl (C=O) groups is 1. The van der Waals surface area contributed by atoms with E-state index in [2.05, 4.69) is 10.5 Å². The fraction of sp³-hybridized carbons (Fsp3) is 0.125. The summed E-state index contributed by atoms with van der Waals surface area (Å²) in [5.41, 5.74) is 5.11. The molecule has 0 fully saturated rings. The third-order valence-corrected chi connectivity index (χ3v) is 3.28. The van der Waals surface area contributed by atoms with Crippen molar-refractivity contribution in [2.75, 3.05) is 12.0 Å². The second-order valence-electron chi connectivity index (χ2n) is 4.16. The SMILES string of the molecule is CSCC(=NNC(=O)c1ccccc1)c1ccccc1. The van der Waals surface area contributed by atoms with Crippen LogP contribution in [0.2, 0.25) is 0 Å². The van der Waals surface area contributed by atoms with Gasteiger partial charge in [0.2, 0.25) is 0 Å². The van der Waals surface area contributed by atoms with Gasteiger partial charge < -0.3 is 0 Å². The maximum Gasteiger partial charge on any atom is 0.271 e. The zero-order chi connectivity index (χ0) is 14.2. The molecular weight excluding hydrogens is 268 g/mol. The van der Waals surface area contributed by atoms with Gasteiger partial charge in [0.05, 0.1) is 5.71 Å². The highest BCUT2D eigenvalue weighted by molar-refractivity contribution is 7.99. The summed E-state index contributed by atoms with van der Waals surface area (Å²) >= 11 is 1.67. The van der Waals surface area contributed by atoms with Crippen LogP contribution in [0.5, 0.6) is 0 Å². The third-order valence-electron chi connectivity index (χ3n) is 2.72. The molecule has 1 N–H and O–H groups in total. The number of rotatable bonds is 5. The summed E-state index contributed by atoms with van der Waals surface area (Å²) in [6, 6.07) is 18.9. The van der Waals surface area contributed by atoms with E-state index < -0.39 is 0 Å². The highest BCUT2D eigenvalue weighted by Gasteiger charge is 2.06. The monoisotopic (exact) mass is 284 g/mol. The molecule has 2 aromatic rings. The predicted molar refractivity (Wildman–Crippen MR) is 85.3 cm³/mol. The van der Waals surface area contributed by atoms with E-state index in [4.69, 9.17) is 0 Å². The summed E-state index contributed by atoms with van der Waals surface area (Å²) in [5, 5.41) is 4.26. The van der Waals surface area contributed by atoms with Gasteiger partial charge in [-0.15, -0.1) is 0 Å². The maximum atomic E-state index is 12.0. The highest BCUT2D eigenvalue weighted by atomic mass is 32.2. The minimum absolute atomic E-state index is 0.194. The Bertz CT molecular complexity index is 582. The van der Waals surface area contributed by atoms with Crippen molar-refractivity contribution < 1.29 is 4.79 Å². The Morgan fingerprint density at radius 3 is 2.10 bits per heavy atom. The first-order valence-electron chi connectivity index (χ1n) is 6.27. The molecule has 4 heteroatoms. The molecule has 2 rings (SSSR count). The van der Waals surface area contributed by atoms with Gasteiger partial charge >= 0.3 is 0 Å². The van der Waals surface area contributed by atoms with Crippen LogP contribution in [0.1, 0.15) is 15.9 Å². The Kier molecular flexibility index (Phi) is 5.38. The molecule has 0 saturated carbocycles. The Morgan fingerprint density at radius 2 is 1.55 bits per heavy atom. The standard InChI is InChI=1S/C16H16N2OS/c1-20-12-15(13-8-4-2-5-9-13)17-18-16(19)14-10-6-3-7-11-14/h2-11H,12H2,1H3,(H,18,19). The molecule has 3 nitrogen and oxygen atoms in total. The van der Waals surface area contributed by atoms with Crippen LogP contribution in [0.15, 0.2) is 65.8 Å². The zero-order valence-electron chi connectivity index (χ0n) is 11.2. The predicted octanol–water partition coefficient (Wildman–Crippen LogP) is 3.18. The Balaban J connectivity index is 2.12. The van der Waals surface area contributed by atoms with E-state index >= 15 is 0 Å². The Morgan fingerprint density at radius 1 is 1.00 bits per heavy atom. The van der Waals surface area contributed by atoms with E-state index in [-0.39, 0.29) is 5.91 Å². The van der Waals surface area contributed by atoms with Gasteiger partial charge in [-0.2, -0.15) is 16.9 Å². The lowest BCUT2D eigenvalue weighted by atomic mass is 10.1. The summed E-state index contributed by atoms with van der Waals surface area (Å²) in [7, 11) is 0. The summed E-state index contributed by atoms with van der Waals surface area (Å²) in [5.74, 6) is 0.555. The van der Waals surface area contributed by atoms with Crippen LogP contribution in [0, 0.1) is 0 Å². The number of hydrogen-bond donors (Lipinski definition) is 1. The normalized spacial score (nSPS) is 11.2. The lowest BCUT2D eigenvalue weighted by Gasteiger charge is -2.06. The van der Waals surface area contributed by atoms with Crippen molar-refractivity contribution in [3.63, 3.8) is 0 Å². The molecular formula is C16H16N2OS. The molecule has 20 heavy (non-hydrogen) atoms. The van der Waals surface area contributed by atoms with Crippen LogP contribution in [0.4, 0.5) is 0 Å². The van der Waals surface area contributed by atoms with Gasteiger partial charge in [-0.25, -0.2) is 5.43 Å². The van der Waals surface area contributed by atoms with Crippen molar-refractivity contribution in [3.05, 3.63) is 71.8 Å². The van der Waals surface area contributed by atoms with Crippen molar-refractivity contribution >= 4 is 23.4 Å². The van der Waals surface area contributed by atoms with Crippen LogP contribution >= 0.6 is 11.8 Å². The summed E-state index contributed by atoms with van der Waals surface area (Å²) in [6.45, 7) is 0. The molecule has 0 unspecified atom stereocenters. The first kappa shape index (κ1) is 14.3. The molecule has 102 valence electrons. The fourth-order valence-corrected chi connectivity index (χ4v) is 2.22. The third kappa shape index (κ3) is 3.96. The summed E-state index contributed by atoms with van der Waals surface area (Å²) in [4.78, 5) is 12.0. The molecule has 2 aromatic carbocycles. The van der Waals surface area contributed by atoms with Crippen LogP contribution < -0.4 is 5.43 Å². The zero-order valence-corrected chi connectivity index (χ0v) is 12.1. The van der Waals surface area contributed by atoms with Gasteiger partial charge in [-0.05, 0) is 24.0 Å². The molecule has 0 aliphatic heterocycles. The van der Waals surface area contributed by atoms with E-state index in [1.165, 1.54) is 0 Å². The molecule has 0 aromatic heterocycles. The number of hydrogen-bond acceptors (Lipinski definition) is 3. The molecule has 1 amide bonds. The first-order valence-corrected chi connectivity index (χ1v) is 7.67.